The van der Waals surface area contributed by atoms with Crippen LogP contribution in [0.2, 0.25) is 5.02 Å². The van der Waals surface area contributed by atoms with Gasteiger partial charge in [0, 0.05) is 60.1 Å². The van der Waals surface area contributed by atoms with Crippen LogP contribution < -0.4 is 10.6 Å². The minimum Gasteiger partial charge on any atom is -0.354 e. The molecule has 0 radical (unpaired) electrons. The molecule has 1 amide bonds. The van der Waals surface area contributed by atoms with Gasteiger partial charge in [0.05, 0.1) is 0 Å². The Morgan fingerprint density at radius 1 is 1.20 bits per heavy atom. The molecule has 2 N–H and O–H groups in total. The van der Waals surface area contributed by atoms with Crippen molar-refractivity contribution in [3.05, 3.63) is 34.9 Å². The second-order valence-corrected chi connectivity index (χ2v) is 10.3. The van der Waals surface area contributed by atoms with Crippen molar-refractivity contribution in [3.8, 4) is 0 Å². The fourth-order valence-electron chi connectivity index (χ4n) is 4.65. The van der Waals surface area contributed by atoms with Gasteiger partial charge in [0.1, 0.15) is 0 Å². The lowest BCUT2D eigenvalue weighted by atomic mass is 9.85. The third kappa shape index (κ3) is 5.64. The van der Waals surface area contributed by atoms with Gasteiger partial charge < -0.3 is 15.5 Å². The molecule has 2 unspecified atom stereocenters. The summed E-state index contributed by atoms with van der Waals surface area (Å²) in [5.41, 5.74) is 1.30. The van der Waals surface area contributed by atoms with Gasteiger partial charge in [-0.05, 0) is 56.7 Å². The number of carbonyl (C=O) groups excluding carboxylic acids is 1. The smallest absolute Gasteiger partial charge is 0.225 e. The van der Waals surface area contributed by atoms with Crippen LogP contribution in [0.25, 0.3) is 0 Å². The molecule has 0 bridgehead atoms. The number of thioether (sulfide) groups is 1. The van der Waals surface area contributed by atoms with Gasteiger partial charge >= 0.3 is 0 Å². The number of hydrogen-bond acceptors (Lipinski definition) is 3. The summed E-state index contributed by atoms with van der Waals surface area (Å²) in [4.78, 5) is 19.5. The standard InChI is InChI=1S/C23H33ClN4OS/c1-2-25-23(27-21-15-20(21)17-4-3-5-18(24)14-17)26-19-8-6-16(7-9-19)22(29)28-10-12-30-13-11-28/h3-5,14,16,19-21H,2,6-13,15H2,1H3,(H2,25,26,27). The Morgan fingerprint density at radius 3 is 2.67 bits per heavy atom. The summed E-state index contributed by atoms with van der Waals surface area (Å²) in [6.45, 7) is 4.67. The van der Waals surface area contributed by atoms with Crippen molar-refractivity contribution in [1.29, 1.82) is 0 Å². The first-order valence-corrected chi connectivity index (χ1v) is 12.9. The molecule has 1 heterocycles. The molecule has 2 atom stereocenters. The number of halogens is 1. The second kappa shape index (κ2) is 10.3. The summed E-state index contributed by atoms with van der Waals surface area (Å²) in [6.07, 6.45) is 5.14. The van der Waals surface area contributed by atoms with E-state index in [9.17, 15) is 4.79 Å². The van der Waals surface area contributed by atoms with E-state index in [1.165, 1.54) is 5.56 Å². The molecule has 30 heavy (non-hydrogen) atoms. The van der Waals surface area contributed by atoms with Crippen molar-refractivity contribution in [2.75, 3.05) is 31.1 Å². The summed E-state index contributed by atoms with van der Waals surface area (Å²) in [7, 11) is 0. The number of benzene rings is 1. The SMILES string of the molecule is CCN=C(NC1CCC(C(=O)N2CCSCC2)CC1)NC1CC1c1cccc(Cl)c1. The maximum absolute atomic E-state index is 12.8. The van der Waals surface area contributed by atoms with E-state index in [1.807, 2.05) is 23.9 Å². The van der Waals surface area contributed by atoms with E-state index < -0.39 is 0 Å². The number of hydrogen-bond donors (Lipinski definition) is 2. The zero-order chi connectivity index (χ0) is 20.9. The van der Waals surface area contributed by atoms with E-state index in [2.05, 4.69) is 39.6 Å². The maximum atomic E-state index is 12.8. The number of carbonyl (C=O) groups is 1. The van der Waals surface area contributed by atoms with Crippen molar-refractivity contribution in [3.63, 3.8) is 0 Å². The summed E-state index contributed by atoms with van der Waals surface area (Å²) in [5.74, 6) is 4.18. The molecule has 3 aliphatic rings. The number of nitrogens with zero attached hydrogens (tertiary/aromatic N) is 2. The number of guanidine groups is 1. The van der Waals surface area contributed by atoms with Gasteiger partial charge in [-0.1, -0.05) is 23.7 Å². The summed E-state index contributed by atoms with van der Waals surface area (Å²) < 4.78 is 0. The Kier molecular flexibility index (Phi) is 7.47. The van der Waals surface area contributed by atoms with Crippen LogP contribution in [0.5, 0.6) is 0 Å². The summed E-state index contributed by atoms with van der Waals surface area (Å²) in [5, 5.41) is 8.05. The fraction of sp³-hybridized carbons (Fsp3) is 0.652. The lowest BCUT2D eigenvalue weighted by molar-refractivity contribution is -0.136. The van der Waals surface area contributed by atoms with Crippen LogP contribution in [0.1, 0.15) is 50.5 Å². The molecule has 1 aliphatic heterocycles. The van der Waals surface area contributed by atoms with E-state index in [0.717, 1.165) is 74.2 Å². The van der Waals surface area contributed by atoms with Crippen LogP contribution in [-0.4, -0.2) is 60.0 Å². The first-order valence-electron chi connectivity index (χ1n) is 11.3. The topological polar surface area (TPSA) is 56.7 Å². The third-order valence-electron chi connectivity index (χ3n) is 6.45. The van der Waals surface area contributed by atoms with Gasteiger partial charge in [0.15, 0.2) is 5.96 Å². The average Bonchev–Trinajstić information content (AvgIpc) is 3.54. The van der Waals surface area contributed by atoms with Crippen LogP contribution >= 0.6 is 23.4 Å². The summed E-state index contributed by atoms with van der Waals surface area (Å²) >= 11 is 8.10. The Labute approximate surface area is 189 Å². The Balaban J connectivity index is 1.25. The molecule has 4 rings (SSSR count). The second-order valence-electron chi connectivity index (χ2n) is 8.60. The van der Waals surface area contributed by atoms with Gasteiger partial charge in [0.25, 0.3) is 0 Å². The van der Waals surface area contributed by atoms with Crippen molar-refractivity contribution in [2.45, 2.75) is 57.0 Å². The minimum absolute atomic E-state index is 0.210. The third-order valence-corrected chi connectivity index (χ3v) is 7.62. The minimum atomic E-state index is 0.210. The molecule has 2 saturated carbocycles. The summed E-state index contributed by atoms with van der Waals surface area (Å²) in [6, 6.07) is 8.98. The van der Waals surface area contributed by atoms with Crippen molar-refractivity contribution in [1.82, 2.24) is 15.5 Å². The zero-order valence-electron chi connectivity index (χ0n) is 17.8. The van der Waals surface area contributed by atoms with E-state index in [0.29, 0.717) is 23.9 Å². The number of aliphatic imine (C=N–C) groups is 1. The van der Waals surface area contributed by atoms with Gasteiger partial charge in [-0.2, -0.15) is 11.8 Å². The number of rotatable bonds is 5. The van der Waals surface area contributed by atoms with Crippen LogP contribution in [0.15, 0.2) is 29.3 Å². The molecule has 164 valence electrons. The largest absolute Gasteiger partial charge is 0.354 e. The molecule has 0 spiro atoms. The van der Waals surface area contributed by atoms with E-state index in [1.54, 1.807) is 0 Å². The molecule has 0 aromatic heterocycles. The fourth-order valence-corrected chi connectivity index (χ4v) is 5.75. The molecule has 1 saturated heterocycles. The first-order chi connectivity index (χ1) is 14.6. The molecular formula is C23H33ClN4OS. The van der Waals surface area contributed by atoms with E-state index in [-0.39, 0.29) is 5.92 Å². The highest BCUT2D eigenvalue weighted by Gasteiger charge is 2.39. The molecular weight excluding hydrogens is 416 g/mol. The molecule has 1 aromatic rings. The van der Waals surface area contributed by atoms with Gasteiger partial charge in [0.2, 0.25) is 5.91 Å². The Hall–Kier alpha value is -1.40. The van der Waals surface area contributed by atoms with E-state index >= 15 is 0 Å². The van der Waals surface area contributed by atoms with Crippen LogP contribution in [0.3, 0.4) is 0 Å². The van der Waals surface area contributed by atoms with Crippen molar-refractivity contribution >= 4 is 35.2 Å². The lowest BCUT2D eigenvalue weighted by Gasteiger charge is -2.34. The molecule has 3 fully saturated rings. The predicted octanol–water partition coefficient (Wildman–Crippen LogP) is 3.89. The Bertz CT molecular complexity index is 759. The quantitative estimate of drug-likeness (QED) is 0.530. The monoisotopic (exact) mass is 448 g/mol. The van der Waals surface area contributed by atoms with Crippen molar-refractivity contribution < 1.29 is 4.79 Å². The number of amides is 1. The average molecular weight is 449 g/mol. The zero-order valence-corrected chi connectivity index (χ0v) is 19.4. The predicted molar refractivity (Wildman–Crippen MR) is 126 cm³/mol. The lowest BCUT2D eigenvalue weighted by Crippen LogP contribution is -2.48. The number of nitrogens with one attached hydrogen (secondary N) is 2. The van der Waals surface area contributed by atoms with Crippen LogP contribution in [-0.2, 0) is 4.79 Å². The van der Waals surface area contributed by atoms with Crippen molar-refractivity contribution in [2.24, 2.45) is 10.9 Å². The highest BCUT2D eigenvalue weighted by molar-refractivity contribution is 7.99. The first kappa shape index (κ1) is 21.8. The van der Waals surface area contributed by atoms with E-state index in [4.69, 9.17) is 11.6 Å². The van der Waals surface area contributed by atoms with Gasteiger partial charge in [-0.25, -0.2) is 0 Å². The molecule has 2 aliphatic carbocycles. The van der Waals surface area contributed by atoms with Gasteiger partial charge in [-0.3, -0.25) is 9.79 Å². The normalized spacial score (nSPS) is 29.4. The van der Waals surface area contributed by atoms with Crippen LogP contribution in [0.4, 0.5) is 0 Å². The highest BCUT2D eigenvalue weighted by Crippen LogP contribution is 2.41. The molecule has 5 nitrogen and oxygen atoms in total. The molecule has 1 aromatic carbocycles. The highest BCUT2D eigenvalue weighted by atomic mass is 35.5. The van der Waals surface area contributed by atoms with Crippen LogP contribution in [0, 0.1) is 5.92 Å². The molecule has 7 heteroatoms. The van der Waals surface area contributed by atoms with Gasteiger partial charge in [-0.15, -0.1) is 0 Å². The Morgan fingerprint density at radius 2 is 1.97 bits per heavy atom. The maximum Gasteiger partial charge on any atom is 0.225 e.